The van der Waals surface area contributed by atoms with Crippen LogP contribution in [-0.4, -0.2) is 58.2 Å². The minimum atomic E-state index is -0.102. The molecule has 2 heterocycles. The lowest BCUT2D eigenvalue weighted by Gasteiger charge is -2.09. The van der Waals surface area contributed by atoms with Crippen LogP contribution in [0, 0.1) is 0 Å². The summed E-state index contributed by atoms with van der Waals surface area (Å²) in [6.07, 6.45) is 3.69. The van der Waals surface area contributed by atoms with Gasteiger partial charge in [0, 0.05) is 25.3 Å². The van der Waals surface area contributed by atoms with E-state index in [-0.39, 0.29) is 5.91 Å². The van der Waals surface area contributed by atoms with Gasteiger partial charge in [0.2, 0.25) is 0 Å². The first kappa shape index (κ1) is 20.1. The average molecular weight is 401 g/mol. The van der Waals surface area contributed by atoms with E-state index in [1.54, 1.807) is 23.0 Å². The summed E-state index contributed by atoms with van der Waals surface area (Å²) in [7, 11) is 0. The molecule has 28 heavy (non-hydrogen) atoms. The van der Waals surface area contributed by atoms with Crippen molar-refractivity contribution in [2.45, 2.75) is 18.6 Å². The van der Waals surface area contributed by atoms with E-state index in [0.29, 0.717) is 43.6 Å². The number of rotatable bonds is 10. The number of carbonyl (C=O) groups excluding carboxylic acids is 1. The lowest BCUT2D eigenvalue weighted by molar-refractivity contribution is 0.0952. The molecule has 0 saturated heterocycles. The molecule has 0 radical (unpaired) electrons. The lowest BCUT2D eigenvalue weighted by atomic mass is 10.2. The third-order valence-corrected chi connectivity index (χ3v) is 4.59. The monoisotopic (exact) mass is 400 g/mol. The van der Waals surface area contributed by atoms with Crippen molar-refractivity contribution >= 4 is 34.5 Å². The van der Waals surface area contributed by atoms with Gasteiger partial charge in [-0.1, -0.05) is 30.0 Å². The molecule has 3 rings (SSSR count). The predicted octanol–water partition coefficient (Wildman–Crippen LogP) is 2.43. The molecule has 0 bridgehead atoms. The van der Waals surface area contributed by atoms with Crippen LogP contribution >= 0.6 is 11.8 Å². The van der Waals surface area contributed by atoms with Crippen LogP contribution in [-0.2, 0) is 11.3 Å². The number of nitrogens with zero attached hydrogens (tertiary/aromatic N) is 4. The average Bonchev–Trinajstić information content (AvgIpc) is 3.14. The summed E-state index contributed by atoms with van der Waals surface area (Å²) < 4.78 is 7.16. The van der Waals surface area contributed by atoms with Crippen molar-refractivity contribution in [3.05, 3.63) is 42.1 Å². The molecule has 9 heteroatoms. The summed E-state index contributed by atoms with van der Waals surface area (Å²) in [6, 6.07) is 9.15. The van der Waals surface area contributed by atoms with Crippen LogP contribution in [0.3, 0.4) is 0 Å². The first-order valence-electron chi connectivity index (χ1n) is 9.15. The van der Waals surface area contributed by atoms with Crippen LogP contribution in [0.4, 0.5) is 5.82 Å². The van der Waals surface area contributed by atoms with Crippen molar-refractivity contribution in [2.24, 2.45) is 0 Å². The molecular weight excluding hydrogens is 376 g/mol. The second kappa shape index (κ2) is 10.0. The zero-order chi connectivity index (χ0) is 19.8. The Labute approximate surface area is 168 Å². The van der Waals surface area contributed by atoms with Crippen molar-refractivity contribution in [3.8, 4) is 0 Å². The molecule has 148 valence electrons. The number of aromatic nitrogens is 4. The Morgan fingerprint density at radius 1 is 1.21 bits per heavy atom. The third-order valence-electron chi connectivity index (χ3n) is 4.05. The van der Waals surface area contributed by atoms with Gasteiger partial charge in [-0.15, -0.1) is 0 Å². The molecule has 0 aliphatic heterocycles. The quantitative estimate of drug-likeness (QED) is 0.307. The topological polar surface area (TPSA) is 94.0 Å². The molecule has 2 N–H and O–H groups in total. The molecule has 0 atom stereocenters. The van der Waals surface area contributed by atoms with E-state index in [1.807, 2.05) is 31.4 Å². The number of nitrogens with one attached hydrogen (secondary N) is 2. The Balaban J connectivity index is 1.68. The normalized spacial score (nSPS) is 10.9. The highest BCUT2D eigenvalue weighted by molar-refractivity contribution is 7.98. The Bertz CT molecular complexity index is 915. The maximum Gasteiger partial charge on any atom is 0.251 e. The lowest BCUT2D eigenvalue weighted by Crippen LogP contribution is -2.27. The van der Waals surface area contributed by atoms with Gasteiger partial charge < -0.3 is 15.4 Å². The molecule has 3 aromatic rings. The first-order chi connectivity index (χ1) is 13.7. The summed E-state index contributed by atoms with van der Waals surface area (Å²) in [5.41, 5.74) is 1.38. The Morgan fingerprint density at radius 2 is 2.04 bits per heavy atom. The van der Waals surface area contributed by atoms with E-state index in [1.165, 1.54) is 11.8 Å². The number of anilines is 1. The van der Waals surface area contributed by atoms with Crippen molar-refractivity contribution in [1.82, 2.24) is 25.1 Å². The van der Waals surface area contributed by atoms with Crippen molar-refractivity contribution in [2.75, 3.05) is 37.9 Å². The zero-order valence-corrected chi connectivity index (χ0v) is 16.8. The smallest absolute Gasteiger partial charge is 0.251 e. The van der Waals surface area contributed by atoms with Crippen molar-refractivity contribution < 1.29 is 9.53 Å². The molecule has 0 fully saturated rings. The van der Waals surface area contributed by atoms with E-state index in [0.717, 1.165) is 16.9 Å². The highest BCUT2D eigenvalue weighted by Crippen LogP contribution is 2.23. The molecule has 0 unspecified atom stereocenters. The molecule has 0 aliphatic carbocycles. The molecule has 1 aromatic carbocycles. The van der Waals surface area contributed by atoms with Gasteiger partial charge in [-0.25, -0.2) is 14.6 Å². The number of ether oxygens (including phenoxy) is 1. The molecule has 0 aliphatic rings. The van der Waals surface area contributed by atoms with Crippen LogP contribution in [0.2, 0.25) is 0 Å². The number of hydrogen-bond acceptors (Lipinski definition) is 7. The maximum atomic E-state index is 12.2. The van der Waals surface area contributed by atoms with Gasteiger partial charge >= 0.3 is 0 Å². The van der Waals surface area contributed by atoms with Crippen molar-refractivity contribution in [3.63, 3.8) is 0 Å². The molecule has 0 spiro atoms. The standard InChI is InChI=1S/C19H24N6O2S/c1-3-27-12-10-20-16-15-13-22-25(17(15)24-19(23-16)28-2)11-9-21-18(26)14-7-5-4-6-8-14/h4-8,13H,3,9-12H2,1-2H3,(H,21,26)(H,20,23,24). The summed E-state index contributed by atoms with van der Waals surface area (Å²) >= 11 is 1.48. The number of amides is 1. The maximum absolute atomic E-state index is 12.2. The number of hydrogen-bond donors (Lipinski definition) is 2. The first-order valence-corrected chi connectivity index (χ1v) is 10.4. The summed E-state index contributed by atoms with van der Waals surface area (Å²) in [4.78, 5) is 21.3. The van der Waals surface area contributed by atoms with Gasteiger partial charge in [-0.3, -0.25) is 4.79 Å². The van der Waals surface area contributed by atoms with E-state index in [4.69, 9.17) is 4.74 Å². The van der Waals surface area contributed by atoms with Crippen LogP contribution < -0.4 is 10.6 Å². The van der Waals surface area contributed by atoms with Crippen LogP contribution in [0.25, 0.3) is 11.0 Å². The molecular formula is C19H24N6O2S. The summed E-state index contributed by atoms with van der Waals surface area (Å²) in [5, 5.41) is 12.2. The second-order valence-electron chi connectivity index (χ2n) is 5.91. The third kappa shape index (κ3) is 4.99. The van der Waals surface area contributed by atoms with Gasteiger partial charge in [0.25, 0.3) is 5.91 Å². The number of fused-ring (bicyclic) bond motifs is 1. The Hall–Kier alpha value is -2.65. The molecule has 0 saturated carbocycles. The number of benzene rings is 1. The van der Waals surface area contributed by atoms with Crippen molar-refractivity contribution in [1.29, 1.82) is 0 Å². The summed E-state index contributed by atoms with van der Waals surface area (Å²) in [6.45, 7) is 4.89. The largest absolute Gasteiger partial charge is 0.380 e. The zero-order valence-electron chi connectivity index (χ0n) is 16.0. The number of thioether (sulfide) groups is 1. The molecule has 2 aromatic heterocycles. The highest BCUT2D eigenvalue weighted by Gasteiger charge is 2.13. The van der Waals surface area contributed by atoms with Gasteiger partial charge in [0.05, 0.1) is 24.7 Å². The van der Waals surface area contributed by atoms with Crippen LogP contribution in [0.5, 0.6) is 0 Å². The molecule has 8 nitrogen and oxygen atoms in total. The Morgan fingerprint density at radius 3 is 2.79 bits per heavy atom. The van der Waals surface area contributed by atoms with Gasteiger partial charge in [-0.2, -0.15) is 5.10 Å². The summed E-state index contributed by atoms with van der Waals surface area (Å²) in [5.74, 6) is 0.642. The van der Waals surface area contributed by atoms with Gasteiger partial charge in [-0.05, 0) is 25.3 Å². The van der Waals surface area contributed by atoms with Crippen LogP contribution in [0.1, 0.15) is 17.3 Å². The fraction of sp³-hybridized carbons (Fsp3) is 0.368. The minimum absolute atomic E-state index is 0.102. The van der Waals surface area contributed by atoms with E-state index in [9.17, 15) is 4.79 Å². The second-order valence-corrected chi connectivity index (χ2v) is 6.68. The SMILES string of the molecule is CCOCCNc1nc(SC)nc2c1cnn2CCNC(=O)c1ccccc1. The minimum Gasteiger partial charge on any atom is -0.380 e. The van der Waals surface area contributed by atoms with Gasteiger partial charge in [0.15, 0.2) is 10.8 Å². The van der Waals surface area contributed by atoms with E-state index >= 15 is 0 Å². The van der Waals surface area contributed by atoms with Gasteiger partial charge in [0.1, 0.15) is 5.82 Å². The molecule has 1 amide bonds. The van der Waals surface area contributed by atoms with E-state index < -0.39 is 0 Å². The highest BCUT2D eigenvalue weighted by atomic mass is 32.2. The van der Waals surface area contributed by atoms with Crippen LogP contribution in [0.15, 0.2) is 41.7 Å². The Kier molecular flexibility index (Phi) is 7.21. The fourth-order valence-electron chi connectivity index (χ4n) is 2.68. The number of carbonyl (C=O) groups is 1. The van der Waals surface area contributed by atoms with E-state index in [2.05, 4.69) is 25.7 Å². The predicted molar refractivity (Wildman–Crippen MR) is 111 cm³/mol. The fourth-order valence-corrected chi connectivity index (χ4v) is 3.04.